The van der Waals surface area contributed by atoms with Crippen molar-refractivity contribution in [2.24, 2.45) is 34.5 Å². The Hall–Kier alpha value is -1.44. The molecule has 2 N–H and O–H groups in total. The van der Waals surface area contributed by atoms with Crippen LogP contribution in [-0.2, 0) is 23.8 Å². The zero-order valence-electron chi connectivity index (χ0n) is 23.0. The third-order valence-corrected chi connectivity index (χ3v) is 12.4. The normalized spacial score (nSPS) is 51.1. The maximum absolute atomic E-state index is 12.5. The molecule has 0 amide bonds. The number of hydrogen-bond acceptors (Lipinski definition) is 7. The molecular formula is C30H44O7. The van der Waals surface area contributed by atoms with Crippen LogP contribution in [0.15, 0.2) is 11.6 Å². The summed E-state index contributed by atoms with van der Waals surface area (Å²) in [6.45, 7) is 10.5. The molecule has 6 rings (SSSR count). The van der Waals surface area contributed by atoms with Crippen molar-refractivity contribution in [1.29, 1.82) is 0 Å². The highest BCUT2D eigenvalue weighted by molar-refractivity contribution is 5.88. The van der Waals surface area contributed by atoms with Gasteiger partial charge in [-0.1, -0.05) is 19.9 Å². The second kappa shape index (κ2) is 8.04. The van der Waals surface area contributed by atoms with Gasteiger partial charge in [0, 0.05) is 36.4 Å². The number of carbonyl (C=O) groups is 2. The molecule has 0 bridgehead atoms. The molecule has 7 heteroatoms. The van der Waals surface area contributed by atoms with Crippen molar-refractivity contribution in [3.8, 4) is 0 Å². The fraction of sp³-hybridized carbons (Fsp3) is 0.867. The van der Waals surface area contributed by atoms with E-state index in [1.165, 1.54) is 0 Å². The largest absolute Gasteiger partial charge is 0.458 e. The van der Waals surface area contributed by atoms with Gasteiger partial charge in [-0.05, 0) is 82.5 Å². The second-order valence-electron chi connectivity index (χ2n) is 14.1. The van der Waals surface area contributed by atoms with Crippen LogP contribution in [0.3, 0.4) is 0 Å². The number of hydrogen-bond donors (Lipinski definition) is 2. The van der Waals surface area contributed by atoms with Crippen LogP contribution in [0, 0.1) is 34.5 Å². The lowest BCUT2D eigenvalue weighted by Crippen LogP contribution is -2.62. The number of esters is 2. The van der Waals surface area contributed by atoms with E-state index in [4.69, 9.17) is 14.2 Å². The van der Waals surface area contributed by atoms with Crippen LogP contribution >= 0.6 is 0 Å². The highest BCUT2D eigenvalue weighted by Crippen LogP contribution is 2.72. The van der Waals surface area contributed by atoms with E-state index in [2.05, 4.69) is 27.7 Å². The van der Waals surface area contributed by atoms with Gasteiger partial charge in [0.2, 0.25) is 0 Å². The van der Waals surface area contributed by atoms with E-state index in [9.17, 15) is 19.8 Å². The first-order valence-corrected chi connectivity index (χ1v) is 14.4. The molecule has 0 radical (unpaired) electrons. The molecule has 0 aromatic rings. The molecule has 6 aliphatic rings. The standard InChI is InChI=1S/C30H44O7/c1-17-6-7-20(35-25(17)33)18(2)19-10-11-28(16-31)22-9-8-21-26(3,4)36-23-14-24(32)37-30(21,23)15-29(22,34)13-12-27(19,28)5/h6,18-23,31,34H,7-16H2,1-5H3. The number of rotatable bonds is 3. The minimum absolute atomic E-state index is 0.0147. The smallest absolute Gasteiger partial charge is 0.333 e. The summed E-state index contributed by atoms with van der Waals surface area (Å²) in [6.07, 6.45) is 7.65. The van der Waals surface area contributed by atoms with Gasteiger partial charge < -0.3 is 24.4 Å². The molecule has 206 valence electrons. The molecule has 0 aromatic heterocycles. The summed E-state index contributed by atoms with van der Waals surface area (Å²) in [5.74, 6) is -0.0850. The number of ether oxygens (including phenoxy) is 3. The third kappa shape index (κ3) is 3.29. The molecule has 37 heavy (non-hydrogen) atoms. The fourth-order valence-electron chi connectivity index (χ4n) is 10.6. The summed E-state index contributed by atoms with van der Waals surface area (Å²) in [5.41, 5.74) is -2.19. The number of cyclic esters (lactones) is 1. The molecule has 3 heterocycles. The molecule has 7 nitrogen and oxygen atoms in total. The average molecular weight is 517 g/mol. The first-order valence-electron chi connectivity index (χ1n) is 14.4. The van der Waals surface area contributed by atoms with Crippen molar-refractivity contribution in [2.75, 3.05) is 6.61 Å². The van der Waals surface area contributed by atoms with Crippen molar-refractivity contribution in [2.45, 2.75) is 121 Å². The van der Waals surface area contributed by atoms with Gasteiger partial charge in [0.25, 0.3) is 0 Å². The molecule has 10 unspecified atom stereocenters. The van der Waals surface area contributed by atoms with Crippen LogP contribution in [0.1, 0.15) is 92.4 Å². The SMILES string of the molecule is CC1=CCC(C(C)C2CCC3(CO)C4CCC5C(C)(C)OC6CC(=O)OC65CC4(O)CCC23C)OC1=O. The van der Waals surface area contributed by atoms with Crippen LogP contribution in [0.4, 0.5) is 0 Å². The Morgan fingerprint density at radius 1 is 1.08 bits per heavy atom. The summed E-state index contributed by atoms with van der Waals surface area (Å²) in [4.78, 5) is 24.8. The number of fused-ring (bicyclic) bond motifs is 3. The number of aliphatic hydroxyl groups excluding tert-OH is 1. The first kappa shape index (κ1) is 25.8. The Bertz CT molecular complexity index is 1030. The zero-order chi connectivity index (χ0) is 26.6. The fourth-order valence-corrected chi connectivity index (χ4v) is 10.6. The highest BCUT2D eigenvalue weighted by Gasteiger charge is 2.74. The maximum atomic E-state index is 12.5. The minimum Gasteiger partial charge on any atom is -0.458 e. The number of carbonyl (C=O) groups excluding carboxylic acids is 2. The predicted molar refractivity (Wildman–Crippen MR) is 135 cm³/mol. The van der Waals surface area contributed by atoms with E-state index in [0.29, 0.717) is 18.4 Å². The monoisotopic (exact) mass is 516 g/mol. The second-order valence-corrected chi connectivity index (χ2v) is 14.1. The van der Waals surface area contributed by atoms with Crippen molar-refractivity contribution in [3.63, 3.8) is 0 Å². The Morgan fingerprint density at radius 3 is 2.51 bits per heavy atom. The van der Waals surface area contributed by atoms with E-state index in [1.807, 2.05) is 6.08 Å². The lowest BCUT2D eigenvalue weighted by Gasteiger charge is -2.61. The minimum atomic E-state index is -1.03. The van der Waals surface area contributed by atoms with Gasteiger partial charge in [0.15, 0.2) is 0 Å². The summed E-state index contributed by atoms with van der Waals surface area (Å²) in [6, 6.07) is 0. The number of aliphatic hydroxyl groups is 2. The van der Waals surface area contributed by atoms with Gasteiger partial charge in [-0.25, -0.2) is 4.79 Å². The van der Waals surface area contributed by atoms with Crippen LogP contribution in [-0.4, -0.2) is 57.8 Å². The Balaban J connectivity index is 1.35. The Labute approximate surface area is 220 Å². The van der Waals surface area contributed by atoms with Gasteiger partial charge >= 0.3 is 11.9 Å². The predicted octanol–water partition coefficient (Wildman–Crippen LogP) is 4.08. The van der Waals surface area contributed by atoms with Gasteiger partial charge in [-0.2, -0.15) is 0 Å². The Kier molecular flexibility index (Phi) is 5.61. The van der Waals surface area contributed by atoms with E-state index in [0.717, 1.165) is 38.5 Å². The van der Waals surface area contributed by atoms with Crippen molar-refractivity contribution >= 4 is 11.9 Å². The van der Waals surface area contributed by atoms with Crippen molar-refractivity contribution < 1.29 is 34.0 Å². The van der Waals surface area contributed by atoms with Crippen molar-refractivity contribution in [1.82, 2.24) is 0 Å². The van der Waals surface area contributed by atoms with Crippen LogP contribution in [0.2, 0.25) is 0 Å². The third-order valence-electron chi connectivity index (χ3n) is 12.4. The lowest BCUT2D eigenvalue weighted by atomic mass is 9.46. The molecule has 3 aliphatic heterocycles. The molecular weight excluding hydrogens is 472 g/mol. The van der Waals surface area contributed by atoms with Crippen LogP contribution in [0.5, 0.6) is 0 Å². The summed E-state index contributed by atoms with van der Waals surface area (Å²) >= 11 is 0. The highest BCUT2D eigenvalue weighted by atomic mass is 16.6. The van der Waals surface area contributed by atoms with E-state index in [1.54, 1.807) is 6.92 Å². The van der Waals surface area contributed by atoms with Crippen LogP contribution < -0.4 is 0 Å². The maximum Gasteiger partial charge on any atom is 0.333 e. The summed E-state index contributed by atoms with van der Waals surface area (Å²) in [7, 11) is 0. The summed E-state index contributed by atoms with van der Waals surface area (Å²) in [5, 5.41) is 23.6. The molecule has 3 aliphatic carbocycles. The van der Waals surface area contributed by atoms with E-state index in [-0.39, 0.29) is 66.3 Å². The van der Waals surface area contributed by atoms with Gasteiger partial charge in [-0.3, -0.25) is 4.79 Å². The van der Waals surface area contributed by atoms with Crippen LogP contribution in [0.25, 0.3) is 0 Å². The first-order chi connectivity index (χ1) is 17.3. The molecule has 2 saturated heterocycles. The topological polar surface area (TPSA) is 102 Å². The van der Waals surface area contributed by atoms with Gasteiger partial charge in [0.1, 0.15) is 17.8 Å². The zero-order valence-corrected chi connectivity index (χ0v) is 23.0. The molecule has 10 atom stereocenters. The quantitative estimate of drug-likeness (QED) is 0.545. The lowest BCUT2D eigenvalue weighted by molar-refractivity contribution is -0.210. The molecule has 1 spiro atoms. The molecule has 3 saturated carbocycles. The Morgan fingerprint density at radius 2 is 1.81 bits per heavy atom. The van der Waals surface area contributed by atoms with Gasteiger partial charge in [-0.15, -0.1) is 0 Å². The van der Waals surface area contributed by atoms with E-state index >= 15 is 0 Å². The molecule has 0 aromatic carbocycles. The van der Waals surface area contributed by atoms with Gasteiger partial charge in [0.05, 0.1) is 17.6 Å². The average Bonchev–Trinajstić information content (AvgIpc) is 3.31. The van der Waals surface area contributed by atoms with Crippen molar-refractivity contribution in [3.05, 3.63) is 11.6 Å². The molecule has 5 fully saturated rings. The summed E-state index contributed by atoms with van der Waals surface area (Å²) < 4.78 is 18.4. The van der Waals surface area contributed by atoms with E-state index < -0.39 is 22.2 Å².